The monoisotopic (exact) mass is 400 g/mol. The van der Waals surface area contributed by atoms with E-state index in [0.717, 1.165) is 23.9 Å². The molecule has 1 aliphatic rings. The van der Waals surface area contributed by atoms with Crippen LogP contribution in [-0.4, -0.2) is 43.8 Å². The molecule has 1 aliphatic heterocycles. The van der Waals surface area contributed by atoms with Crippen molar-refractivity contribution in [1.82, 2.24) is 19.7 Å². The number of rotatable bonds is 3. The predicted molar refractivity (Wildman–Crippen MR) is 112 cm³/mol. The first-order valence-electron chi connectivity index (χ1n) is 9.66. The highest BCUT2D eigenvalue weighted by Gasteiger charge is 2.24. The Morgan fingerprint density at radius 3 is 2.61 bits per heavy atom. The Morgan fingerprint density at radius 1 is 1.25 bits per heavy atom. The number of phenolic OH excluding ortho intramolecular Hbond substituents is 1. The van der Waals surface area contributed by atoms with Gasteiger partial charge < -0.3 is 5.11 Å². The van der Waals surface area contributed by atoms with Crippen molar-refractivity contribution in [3.8, 4) is 17.0 Å². The van der Waals surface area contributed by atoms with Crippen molar-refractivity contribution in [2.75, 3.05) is 19.0 Å². The molecule has 4 rings (SSSR count). The summed E-state index contributed by atoms with van der Waals surface area (Å²) in [7, 11) is 0.187. The first kappa shape index (κ1) is 19.3. The molecule has 0 spiro atoms. The smallest absolute Gasteiger partial charge is 0.200 e. The number of nitrogens with zero attached hydrogens (tertiary/aromatic N) is 4. The number of phenols is 1. The van der Waals surface area contributed by atoms with Crippen LogP contribution in [0.3, 0.4) is 0 Å². The lowest BCUT2D eigenvalue weighted by atomic mass is 9.94. The molecular formula is C21H26FN4OP. The number of aromatic nitrogens is 4. The van der Waals surface area contributed by atoms with Gasteiger partial charge >= 0.3 is 0 Å². The van der Waals surface area contributed by atoms with Crippen molar-refractivity contribution >= 4 is 19.1 Å². The lowest BCUT2D eigenvalue weighted by Gasteiger charge is -2.26. The summed E-state index contributed by atoms with van der Waals surface area (Å²) in [6.07, 6.45) is 8.51. The topological polar surface area (TPSA) is 63.8 Å². The standard InChI is InChI=1S/C21H26FN4OP/c1-13-9-14(21(2,3)22)10-18(27)19(13)16-11-23-17-12-26(25-20(17)24-16)15-5-7-28(4)8-6-15/h9-12,15,27H,5-8H2,1-4H3. The quantitative estimate of drug-likeness (QED) is 0.617. The Bertz CT molecular complexity index is 996. The van der Waals surface area contributed by atoms with E-state index < -0.39 is 5.67 Å². The SMILES string of the molecule is Cc1cc(C(C)(C)F)cc(O)c1-c1cnc2cn(C3CCP(C)CC3)nc2n1. The summed E-state index contributed by atoms with van der Waals surface area (Å²) in [4.78, 5) is 9.16. The molecule has 1 saturated heterocycles. The molecule has 1 N–H and O–H groups in total. The Labute approximate surface area is 165 Å². The van der Waals surface area contributed by atoms with Gasteiger partial charge in [-0.1, -0.05) is 6.07 Å². The summed E-state index contributed by atoms with van der Waals surface area (Å²) < 4.78 is 16.3. The van der Waals surface area contributed by atoms with Gasteiger partial charge in [0, 0.05) is 5.56 Å². The molecule has 3 aromatic rings. The average molecular weight is 400 g/mol. The minimum Gasteiger partial charge on any atom is -0.507 e. The molecule has 0 bridgehead atoms. The number of aryl methyl sites for hydroxylation is 1. The van der Waals surface area contributed by atoms with E-state index in [2.05, 4.69) is 21.7 Å². The van der Waals surface area contributed by atoms with Crippen LogP contribution in [0, 0.1) is 6.92 Å². The van der Waals surface area contributed by atoms with Crippen LogP contribution < -0.4 is 0 Å². The second-order valence-corrected chi connectivity index (χ2v) is 10.9. The van der Waals surface area contributed by atoms with Crippen molar-refractivity contribution in [3.63, 3.8) is 0 Å². The van der Waals surface area contributed by atoms with E-state index in [1.54, 1.807) is 12.3 Å². The Morgan fingerprint density at radius 2 is 1.96 bits per heavy atom. The largest absolute Gasteiger partial charge is 0.507 e. The number of halogens is 1. The summed E-state index contributed by atoms with van der Waals surface area (Å²) >= 11 is 0. The van der Waals surface area contributed by atoms with Gasteiger partial charge in [-0.3, -0.25) is 4.68 Å². The maximum atomic E-state index is 14.3. The number of fused-ring (bicyclic) bond motifs is 1. The molecule has 1 aromatic carbocycles. The fraction of sp³-hybridized carbons (Fsp3) is 0.476. The Hall–Kier alpha value is -2.07. The van der Waals surface area contributed by atoms with Crippen molar-refractivity contribution in [3.05, 3.63) is 35.7 Å². The van der Waals surface area contributed by atoms with Gasteiger partial charge in [0.15, 0.2) is 5.65 Å². The van der Waals surface area contributed by atoms with Crippen molar-refractivity contribution in [1.29, 1.82) is 0 Å². The summed E-state index contributed by atoms with van der Waals surface area (Å²) in [6, 6.07) is 3.64. The van der Waals surface area contributed by atoms with Crippen LogP contribution in [0.5, 0.6) is 5.75 Å². The molecule has 0 saturated carbocycles. The molecule has 5 nitrogen and oxygen atoms in total. The first-order chi connectivity index (χ1) is 13.2. The third-order valence-corrected chi connectivity index (χ3v) is 7.61. The zero-order valence-corrected chi connectivity index (χ0v) is 17.7. The maximum Gasteiger partial charge on any atom is 0.200 e. The molecular weight excluding hydrogens is 374 g/mol. The molecule has 0 aliphatic carbocycles. The number of alkyl halides is 1. The van der Waals surface area contributed by atoms with Crippen LogP contribution in [0.25, 0.3) is 22.4 Å². The van der Waals surface area contributed by atoms with E-state index in [1.807, 2.05) is 17.8 Å². The number of hydrogen-bond donors (Lipinski definition) is 1. The van der Waals surface area contributed by atoms with Crippen LogP contribution in [-0.2, 0) is 5.67 Å². The molecule has 0 unspecified atom stereocenters. The molecule has 1 fully saturated rings. The van der Waals surface area contributed by atoms with Crippen LogP contribution in [0.15, 0.2) is 24.5 Å². The molecule has 0 amide bonds. The van der Waals surface area contributed by atoms with Crippen LogP contribution in [0.1, 0.15) is 43.9 Å². The van der Waals surface area contributed by atoms with Gasteiger partial charge in [0.05, 0.1) is 24.1 Å². The molecule has 0 atom stereocenters. The summed E-state index contributed by atoms with van der Waals surface area (Å²) in [5.74, 6) is 0.0115. The van der Waals surface area contributed by atoms with Crippen molar-refractivity contribution < 1.29 is 9.50 Å². The molecule has 28 heavy (non-hydrogen) atoms. The third kappa shape index (κ3) is 3.62. The number of hydrogen-bond acceptors (Lipinski definition) is 4. The van der Waals surface area contributed by atoms with Gasteiger partial charge in [-0.2, -0.15) is 5.10 Å². The lowest BCUT2D eigenvalue weighted by molar-refractivity contribution is 0.220. The minimum atomic E-state index is -1.52. The van der Waals surface area contributed by atoms with E-state index in [-0.39, 0.29) is 13.7 Å². The van der Waals surface area contributed by atoms with Gasteiger partial charge in [-0.25, -0.2) is 14.4 Å². The first-order valence-corrected chi connectivity index (χ1v) is 11.8. The van der Waals surface area contributed by atoms with E-state index in [1.165, 1.54) is 32.2 Å². The van der Waals surface area contributed by atoms with Gasteiger partial charge in [0.25, 0.3) is 0 Å². The number of benzene rings is 1. The highest BCUT2D eigenvalue weighted by molar-refractivity contribution is 7.56. The molecule has 148 valence electrons. The van der Waals surface area contributed by atoms with Gasteiger partial charge in [0.1, 0.15) is 16.9 Å². The van der Waals surface area contributed by atoms with Crippen molar-refractivity contribution in [2.24, 2.45) is 0 Å². The van der Waals surface area contributed by atoms with Gasteiger partial charge in [-0.15, -0.1) is 7.92 Å². The molecule has 2 aromatic heterocycles. The Kier molecular flexibility index (Phi) is 4.86. The van der Waals surface area contributed by atoms with E-state index >= 15 is 0 Å². The average Bonchev–Trinajstić information content (AvgIpc) is 3.04. The van der Waals surface area contributed by atoms with Crippen LogP contribution in [0.4, 0.5) is 4.39 Å². The second-order valence-electron chi connectivity index (χ2n) is 8.27. The fourth-order valence-corrected chi connectivity index (χ4v) is 5.53. The summed E-state index contributed by atoms with van der Waals surface area (Å²) in [5.41, 5.74) is 2.15. The van der Waals surface area contributed by atoms with Crippen LogP contribution in [0.2, 0.25) is 0 Å². The number of aromatic hydroxyl groups is 1. The van der Waals surface area contributed by atoms with Crippen molar-refractivity contribution in [2.45, 2.75) is 45.3 Å². The van der Waals surface area contributed by atoms with E-state index in [0.29, 0.717) is 28.5 Å². The molecule has 7 heteroatoms. The normalized spacial score (nSPS) is 20.6. The highest BCUT2D eigenvalue weighted by atomic mass is 31.1. The van der Waals surface area contributed by atoms with Gasteiger partial charge in [0.2, 0.25) is 0 Å². The maximum absolute atomic E-state index is 14.3. The van der Waals surface area contributed by atoms with Gasteiger partial charge in [-0.05, 0) is 69.8 Å². The van der Waals surface area contributed by atoms with Crippen LogP contribution >= 0.6 is 7.92 Å². The summed E-state index contributed by atoms with van der Waals surface area (Å²) in [5, 5.41) is 15.2. The van der Waals surface area contributed by atoms with E-state index in [4.69, 9.17) is 0 Å². The highest BCUT2D eigenvalue weighted by Crippen LogP contribution is 2.41. The fourth-order valence-electron chi connectivity index (χ4n) is 3.83. The molecule has 3 heterocycles. The summed E-state index contributed by atoms with van der Waals surface area (Å²) in [6.45, 7) is 7.17. The van der Waals surface area contributed by atoms with E-state index in [9.17, 15) is 9.50 Å². The lowest BCUT2D eigenvalue weighted by Crippen LogP contribution is -2.16. The minimum absolute atomic E-state index is 0.0115. The molecule has 0 radical (unpaired) electrons. The Balaban J connectivity index is 1.70. The predicted octanol–water partition coefficient (Wildman–Crippen LogP) is 5.16. The third-order valence-electron chi connectivity index (χ3n) is 5.57. The zero-order chi connectivity index (χ0) is 20.1. The zero-order valence-electron chi connectivity index (χ0n) is 16.8. The second kappa shape index (κ2) is 7.07.